The van der Waals surface area contributed by atoms with E-state index >= 15 is 0 Å². The quantitative estimate of drug-likeness (QED) is 0.840. The largest absolute Gasteiger partial charge is 0.312 e. The predicted octanol–water partition coefficient (Wildman–Crippen LogP) is 4.15. The van der Waals surface area contributed by atoms with Crippen molar-refractivity contribution in [1.82, 2.24) is 19.7 Å². The molecule has 2 aromatic rings. The van der Waals surface area contributed by atoms with Gasteiger partial charge in [0.05, 0.1) is 5.70 Å². The zero-order valence-electron chi connectivity index (χ0n) is 15.0. The Balaban J connectivity index is 1.74. The van der Waals surface area contributed by atoms with Gasteiger partial charge in [0.15, 0.2) is 0 Å². The molecule has 4 rings (SSSR count). The van der Waals surface area contributed by atoms with Crippen molar-refractivity contribution in [2.24, 2.45) is 0 Å². The fraction of sp³-hybridized carbons (Fsp3) is 0.190. The van der Waals surface area contributed by atoms with E-state index in [2.05, 4.69) is 47.5 Å². The van der Waals surface area contributed by atoms with Crippen molar-refractivity contribution in [3.8, 4) is 0 Å². The van der Waals surface area contributed by atoms with E-state index in [1.165, 1.54) is 5.57 Å². The first kappa shape index (κ1) is 16.3. The summed E-state index contributed by atoms with van der Waals surface area (Å²) in [5.74, 6) is 1.63. The van der Waals surface area contributed by atoms with Crippen LogP contribution in [0.15, 0.2) is 72.6 Å². The highest BCUT2D eigenvalue weighted by atomic mass is 15.4. The number of hydrogen-bond acceptors (Lipinski definition) is 4. The third kappa shape index (κ3) is 3.04. The van der Waals surface area contributed by atoms with Crippen LogP contribution in [0.25, 0.3) is 5.70 Å². The highest BCUT2D eigenvalue weighted by Crippen LogP contribution is 2.28. The van der Waals surface area contributed by atoms with Crippen molar-refractivity contribution in [3.05, 3.63) is 84.0 Å². The molecule has 0 unspecified atom stereocenters. The molecular weight excluding hydrogens is 322 g/mol. The van der Waals surface area contributed by atoms with Crippen LogP contribution >= 0.6 is 0 Å². The summed E-state index contributed by atoms with van der Waals surface area (Å²) >= 11 is 0. The van der Waals surface area contributed by atoms with E-state index in [-0.39, 0.29) is 0 Å². The molecule has 26 heavy (non-hydrogen) atoms. The summed E-state index contributed by atoms with van der Waals surface area (Å²) in [6, 6.07) is 1.99. The molecule has 130 valence electrons. The van der Waals surface area contributed by atoms with Gasteiger partial charge in [0.1, 0.15) is 5.82 Å². The van der Waals surface area contributed by atoms with E-state index in [1.54, 1.807) is 6.20 Å². The summed E-state index contributed by atoms with van der Waals surface area (Å²) in [6.45, 7) is 2.04. The molecule has 0 spiro atoms. The van der Waals surface area contributed by atoms with E-state index in [1.807, 2.05) is 41.9 Å². The van der Waals surface area contributed by atoms with Crippen molar-refractivity contribution in [3.63, 3.8) is 0 Å². The molecule has 3 heterocycles. The van der Waals surface area contributed by atoms with Gasteiger partial charge in [0, 0.05) is 31.5 Å². The first-order valence-electron chi connectivity index (χ1n) is 8.74. The van der Waals surface area contributed by atoms with E-state index < -0.39 is 0 Å². The van der Waals surface area contributed by atoms with E-state index in [9.17, 15) is 0 Å². The van der Waals surface area contributed by atoms with Gasteiger partial charge in [-0.2, -0.15) is 4.98 Å². The molecule has 0 radical (unpaired) electrons. The van der Waals surface area contributed by atoms with Crippen molar-refractivity contribution in [2.75, 3.05) is 11.9 Å². The zero-order valence-corrected chi connectivity index (χ0v) is 15.0. The Bertz CT molecular complexity index is 972. The molecule has 0 amide bonds. The lowest BCUT2D eigenvalue weighted by Gasteiger charge is -2.17. The van der Waals surface area contributed by atoms with Gasteiger partial charge in [-0.25, -0.2) is 4.68 Å². The summed E-state index contributed by atoms with van der Waals surface area (Å²) < 4.78 is 1.97. The SMILES string of the molecule is Cc1cnccc1N(C)c1nc2n(n1)C(C1=CC=CC=CC1)=CC=CC2. The Labute approximate surface area is 153 Å². The van der Waals surface area contributed by atoms with E-state index in [0.29, 0.717) is 5.95 Å². The maximum absolute atomic E-state index is 4.83. The highest BCUT2D eigenvalue weighted by Gasteiger charge is 2.19. The third-order valence-electron chi connectivity index (χ3n) is 4.56. The van der Waals surface area contributed by atoms with Crippen LogP contribution < -0.4 is 4.90 Å². The van der Waals surface area contributed by atoms with E-state index in [0.717, 1.165) is 35.6 Å². The lowest BCUT2D eigenvalue weighted by Crippen LogP contribution is -2.13. The Morgan fingerprint density at radius 2 is 1.92 bits per heavy atom. The molecule has 5 heteroatoms. The van der Waals surface area contributed by atoms with Crippen LogP contribution in [0.1, 0.15) is 17.8 Å². The number of pyridine rings is 1. The van der Waals surface area contributed by atoms with Crippen LogP contribution in [0, 0.1) is 6.92 Å². The molecule has 0 fully saturated rings. The zero-order chi connectivity index (χ0) is 17.9. The summed E-state index contributed by atoms with van der Waals surface area (Å²) in [4.78, 5) is 11.0. The second-order valence-electron chi connectivity index (χ2n) is 6.35. The average molecular weight is 343 g/mol. The molecule has 0 bridgehead atoms. The number of anilines is 2. The summed E-state index contributed by atoms with van der Waals surface area (Å²) in [7, 11) is 1.99. The monoisotopic (exact) mass is 343 g/mol. The van der Waals surface area contributed by atoms with Crippen molar-refractivity contribution < 1.29 is 0 Å². The van der Waals surface area contributed by atoms with Crippen LogP contribution in [0.3, 0.4) is 0 Å². The Morgan fingerprint density at radius 3 is 2.81 bits per heavy atom. The van der Waals surface area contributed by atoms with Gasteiger partial charge in [-0.1, -0.05) is 42.5 Å². The van der Waals surface area contributed by atoms with E-state index in [4.69, 9.17) is 10.1 Å². The number of nitrogens with zero attached hydrogens (tertiary/aromatic N) is 5. The van der Waals surface area contributed by atoms with Crippen LogP contribution in [0.2, 0.25) is 0 Å². The fourth-order valence-electron chi connectivity index (χ4n) is 3.16. The Morgan fingerprint density at radius 1 is 1.04 bits per heavy atom. The highest BCUT2D eigenvalue weighted by molar-refractivity contribution is 5.69. The van der Waals surface area contributed by atoms with Crippen molar-refractivity contribution in [1.29, 1.82) is 0 Å². The molecule has 5 nitrogen and oxygen atoms in total. The Hall–Kier alpha value is -3.21. The van der Waals surface area contributed by atoms with Gasteiger partial charge < -0.3 is 4.90 Å². The van der Waals surface area contributed by atoms with Gasteiger partial charge in [-0.05, 0) is 36.6 Å². The second kappa shape index (κ2) is 6.96. The van der Waals surface area contributed by atoms with Gasteiger partial charge in [-0.15, -0.1) is 5.10 Å². The van der Waals surface area contributed by atoms with Crippen molar-refractivity contribution in [2.45, 2.75) is 19.8 Å². The lowest BCUT2D eigenvalue weighted by molar-refractivity contribution is 0.834. The summed E-state index contributed by atoms with van der Waals surface area (Å²) in [5, 5.41) is 4.83. The number of hydrogen-bond donors (Lipinski definition) is 0. The predicted molar refractivity (Wildman–Crippen MR) is 105 cm³/mol. The topological polar surface area (TPSA) is 46.8 Å². The van der Waals surface area contributed by atoms with Gasteiger partial charge in [0.2, 0.25) is 5.95 Å². The smallest absolute Gasteiger partial charge is 0.249 e. The molecule has 2 aromatic heterocycles. The van der Waals surface area contributed by atoms with Gasteiger partial charge >= 0.3 is 0 Å². The first-order chi connectivity index (χ1) is 12.7. The number of allylic oxidation sites excluding steroid dienone is 10. The number of aromatic nitrogens is 4. The normalized spacial score (nSPS) is 15.8. The molecule has 1 aliphatic heterocycles. The molecule has 2 aliphatic rings. The minimum atomic E-state index is 0.691. The standard InChI is InChI=1S/C21H21N5/c1-16-15-22-14-13-18(16)25(2)21-23-20-12-8-7-11-19(26(20)24-21)17-9-5-3-4-6-10-17/h3-9,11,13-15H,10,12H2,1-2H3. The second-order valence-corrected chi connectivity index (χ2v) is 6.35. The molecule has 0 N–H and O–H groups in total. The molecular formula is C21H21N5. The van der Waals surface area contributed by atoms with Crippen LogP contribution in [0.5, 0.6) is 0 Å². The number of aryl methyl sites for hydroxylation is 1. The molecule has 1 aliphatic carbocycles. The minimum absolute atomic E-state index is 0.691. The van der Waals surface area contributed by atoms with Gasteiger partial charge in [0.25, 0.3) is 0 Å². The lowest BCUT2D eigenvalue weighted by atomic mass is 10.1. The van der Waals surface area contributed by atoms with Crippen molar-refractivity contribution >= 4 is 17.3 Å². The summed E-state index contributed by atoms with van der Waals surface area (Å²) in [5.41, 5.74) is 4.45. The van der Waals surface area contributed by atoms with Gasteiger partial charge in [-0.3, -0.25) is 4.98 Å². The van der Waals surface area contributed by atoms with Crippen LogP contribution in [0.4, 0.5) is 11.6 Å². The van der Waals surface area contributed by atoms with Crippen LogP contribution in [-0.2, 0) is 6.42 Å². The molecule has 0 saturated heterocycles. The Kier molecular flexibility index (Phi) is 4.35. The molecule has 0 saturated carbocycles. The molecule has 0 aromatic carbocycles. The molecule has 0 atom stereocenters. The average Bonchev–Trinajstić information content (AvgIpc) is 2.81. The maximum Gasteiger partial charge on any atom is 0.249 e. The fourth-order valence-corrected chi connectivity index (χ4v) is 3.16. The summed E-state index contributed by atoms with van der Waals surface area (Å²) in [6.07, 6.45) is 22.1. The first-order valence-corrected chi connectivity index (χ1v) is 8.74. The number of fused-ring (bicyclic) bond motifs is 1. The maximum atomic E-state index is 4.83. The van der Waals surface area contributed by atoms with Crippen LogP contribution in [-0.4, -0.2) is 26.8 Å². The number of rotatable bonds is 3. The minimum Gasteiger partial charge on any atom is -0.312 e. The third-order valence-corrected chi connectivity index (χ3v) is 4.56.